The van der Waals surface area contributed by atoms with E-state index < -0.39 is 6.03 Å². The molecule has 0 radical (unpaired) electrons. The highest BCUT2D eigenvalue weighted by molar-refractivity contribution is 5.73. The second-order valence-electron chi connectivity index (χ2n) is 2.46. The third-order valence-corrected chi connectivity index (χ3v) is 1.53. The molecule has 2 amide bonds. The van der Waals surface area contributed by atoms with Gasteiger partial charge in [-0.2, -0.15) is 5.10 Å². The summed E-state index contributed by atoms with van der Waals surface area (Å²) in [5.41, 5.74) is 6.93. The number of hydrogen-bond donors (Lipinski definition) is 3. The van der Waals surface area contributed by atoms with Gasteiger partial charge in [0, 0.05) is 12.3 Å². The van der Waals surface area contributed by atoms with Crippen LogP contribution in [0, 0.1) is 0 Å². The maximum atomic E-state index is 10.2. The summed E-state index contributed by atoms with van der Waals surface area (Å²) in [6, 6.07) is -0.332. The predicted octanol–water partition coefficient (Wildman–Crippen LogP) is -0.608. The average molecular weight is 156 g/mol. The highest BCUT2D eigenvalue weighted by Gasteiger charge is 2.10. The van der Waals surface area contributed by atoms with Gasteiger partial charge >= 0.3 is 6.03 Å². The summed E-state index contributed by atoms with van der Waals surface area (Å²) in [6.07, 6.45) is 3.90. The largest absolute Gasteiger partial charge is 0.350 e. The quantitative estimate of drug-likeness (QED) is 0.368. The zero-order valence-electron chi connectivity index (χ0n) is 6.21. The van der Waals surface area contributed by atoms with Gasteiger partial charge in [-0.05, 0) is 19.4 Å². The first kappa shape index (κ1) is 8.00. The molecule has 0 spiro atoms. The summed E-state index contributed by atoms with van der Waals surface area (Å²) in [5, 5.41) is 6.83. The second kappa shape index (κ2) is 3.92. The van der Waals surface area contributed by atoms with Crippen LogP contribution in [-0.2, 0) is 0 Å². The van der Waals surface area contributed by atoms with E-state index in [2.05, 4.69) is 15.8 Å². The third-order valence-electron chi connectivity index (χ3n) is 1.53. The number of nitrogens with two attached hydrogens (primary N) is 1. The number of amides is 2. The van der Waals surface area contributed by atoms with Gasteiger partial charge in [-0.15, -0.1) is 0 Å². The topological polar surface area (TPSA) is 79.5 Å². The Labute approximate surface area is 65.0 Å². The molecule has 62 valence electrons. The minimum absolute atomic E-state index is 0.293. The van der Waals surface area contributed by atoms with E-state index in [-0.39, 0.29) is 0 Å². The standard InChI is InChI=1S/C6H12N4O/c7-6(11)10-9-4-5-2-1-3-8-5/h4-5,8H,1-3H2,(H3,7,10,11)/b9-4+/t5-/m1/s1. The average Bonchev–Trinajstić information content (AvgIpc) is 2.39. The van der Waals surface area contributed by atoms with Crippen molar-refractivity contribution in [3.8, 4) is 0 Å². The van der Waals surface area contributed by atoms with Crippen LogP contribution in [0.15, 0.2) is 5.10 Å². The van der Waals surface area contributed by atoms with Crippen molar-refractivity contribution in [1.82, 2.24) is 10.7 Å². The van der Waals surface area contributed by atoms with Gasteiger partial charge in [-0.3, -0.25) is 0 Å². The van der Waals surface area contributed by atoms with Crippen molar-refractivity contribution in [2.24, 2.45) is 10.8 Å². The Balaban J connectivity index is 2.17. The minimum atomic E-state index is -0.626. The van der Waals surface area contributed by atoms with Crippen molar-refractivity contribution < 1.29 is 4.79 Å². The smallest absolute Gasteiger partial charge is 0.332 e. The van der Waals surface area contributed by atoms with E-state index in [9.17, 15) is 4.79 Å². The molecular formula is C6H12N4O. The lowest BCUT2D eigenvalue weighted by Crippen LogP contribution is -2.28. The van der Waals surface area contributed by atoms with E-state index in [1.54, 1.807) is 6.21 Å². The molecule has 1 saturated heterocycles. The molecule has 0 aromatic rings. The molecule has 0 saturated carbocycles. The zero-order chi connectivity index (χ0) is 8.10. The molecule has 4 N–H and O–H groups in total. The molecule has 5 heteroatoms. The Hall–Kier alpha value is -1.10. The number of urea groups is 1. The van der Waals surface area contributed by atoms with Gasteiger partial charge in [0.25, 0.3) is 0 Å². The highest BCUT2D eigenvalue weighted by atomic mass is 16.2. The molecule has 0 aliphatic carbocycles. The molecule has 1 aliphatic rings. The molecule has 0 bridgehead atoms. The maximum absolute atomic E-state index is 10.2. The van der Waals surface area contributed by atoms with Crippen LogP contribution >= 0.6 is 0 Å². The first-order valence-corrected chi connectivity index (χ1v) is 3.61. The van der Waals surface area contributed by atoms with Crippen LogP contribution in [0.4, 0.5) is 4.79 Å². The summed E-state index contributed by atoms with van der Waals surface area (Å²) >= 11 is 0. The number of primary amides is 1. The summed E-state index contributed by atoms with van der Waals surface area (Å²) in [6.45, 7) is 1.02. The Morgan fingerprint density at radius 3 is 3.18 bits per heavy atom. The first-order chi connectivity index (χ1) is 5.29. The lowest BCUT2D eigenvalue weighted by Gasteiger charge is -2.00. The number of nitrogens with zero attached hydrogens (tertiary/aromatic N) is 1. The lowest BCUT2D eigenvalue weighted by atomic mass is 10.2. The number of hydrogen-bond acceptors (Lipinski definition) is 3. The van der Waals surface area contributed by atoms with Crippen LogP contribution in [0.5, 0.6) is 0 Å². The van der Waals surface area contributed by atoms with Gasteiger partial charge in [-0.25, -0.2) is 10.2 Å². The molecule has 1 aliphatic heterocycles. The first-order valence-electron chi connectivity index (χ1n) is 3.61. The van der Waals surface area contributed by atoms with Crippen molar-refractivity contribution >= 4 is 12.2 Å². The summed E-state index contributed by atoms with van der Waals surface area (Å²) in [7, 11) is 0. The minimum Gasteiger partial charge on any atom is -0.350 e. The number of carbonyl (C=O) groups is 1. The van der Waals surface area contributed by atoms with Gasteiger partial charge in [-0.1, -0.05) is 0 Å². The fourth-order valence-electron chi connectivity index (χ4n) is 1.03. The molecule has 0 unspecified atom stereocenters. The molecule has 11 heavy (non-hydrogen) atoms. The molecule has 5 nitrogen and oxygen atoms in total. The van der Waals surface area contributed by atoms with Crippen molar-refractivity contribution in [1.29, 1.82) is 0 Å². The molecule has 1 rings (SSSR count). The van der Waals surface area contributed by atoms with E-state index in [4.69, 9.17) is 5.73 Å². The third kappa shape index (κ3) is 2.99. The van der Waals surface area contributed by atoms with Crippen LogP contribution in [0.2, 0.25) is 0 Å². The van der Waals surface area contributed by atoms with Crippen LogP contribution in [-0.4, -0.2) is 24.8 Å². The number of hydrazone groups is 1. The molecule has 0 aromatic heterocycles. The number of rotatable bonds is 2. The fourth-order valence-corrected chi connectivity index (χ4v) is 1.03. The zero-order valence-corrected chi connectivity index (χ0v) is 6.21. The van der Waals surface area contributed by atoms with E-state index in [0.29, 0.717) is 6.04 Å². The van der Waals surface area contributed by atoms with Gasteiger partial charge in [0.1, 0.15) is 0 Å². The molecule has 0 aromatic carbocycles. The van der Waals surface area contributed by atoms with Gasteiger partial charge in [0.2, 0.25) is 0 Å². The summed E-state index contributed by atoms with van der Waals surface area (Å²) in [4.78, 5) is 10.2. The van der Waals surface area contributed by atoms with Crippen molar-refractivity contribution in [2.45, 2.75) is 18.9 Å². The van der Waals surface area contributed by atoms with Crippen LogP contribution in [0.25, 0.3) is 0 Å². The van der Waals surface area contributed by atoms with E-state index in [1.807, 2.05) is 0 Å². The number of carbonyl (C=O) groups excluding carboxylic acids is 1. The van der Waals surface area contributed by atoms with E-state index >= 15 is 0 Å². The van der Waals surface area contributed by atoms with Crippen molar-refractivity contribution in [3.05, 3.63) is 0 Å². The Morgan fingerprint density at radius 2 is 2.64 bits per heavy atom. The molecule has 1 heterocycles. The molecule has 1 fully saturated rings. The van der Waals surface area contributed by atoms with Crippen LogP contribution in [0.3, 0.4) is 0 Å². The lowest BCUT2D eigenvalue weighted by molar-refractivity contribution is 0.249. The second-order valence-corrected chi connectivity index (χ2v) is 2.46. The predicted molar refractivity (Wildman–Crippen MR) is 42.2 cm³/mol. The molecule has 1 atom stereocenters. The Kier molecular flexibility index (Phi) is 2.85. The van der Waals surface area contributed by atoms with Gasteiger partial charge in [0.15, 0.2) is 0 Å². The Bertz CT molecular complexity index is 162. The summed E-state index contributed by atoms with van der Waals surface area (Å²) < 4.78 is 0. The monoisotopic (exact) mass is 156 g/mol. The molecular weight excluding hydrogens is 144 g/mol. The van der Waals surface area contributed by atoms with Crippen molar-refractivity contribution in [2.75, 3.05) is 6.54 Å². The SMILES string of the molecule is NC(=O)N/N=C/[C@H]1CCCN1. The van der Waals surface area contributed by atoms with Gasteiger partial charge < -0.3 is 11.1 Å². The fraction of sp³-hybridized carbons (Fsp3) is 0.667. The van der Waals surface area contributed by atoms with Gasteiger partial charge in [0.05, 0.1) is 0 Å². The summed E-state index contributed by atoms with van der Waals surface area (Å²) in [5.74, 6) is 0. The van der Waals surface area contributed by atoms with Crippen molar-refractivity contribution in [3.63, 3.8) is 0 Å². The number of nitrogens with one attached hydrogen (secondary N) is 2. The highest BCUT2D eigenvalue weighted by Crippen LogP contribution is 2.01. The normalized spacial score (nSPS) is 24.2. The Morgan fingerprint density at radius 1 is 1.82 bits per heavy atom. The van der Waals surface area contributed by atoms with Crippen LogP contribution < -0.4 is 16.5 Å². The van der Waals surface area contributed by atoms with E-state index in [0.717, 1.165) is 19.4 Å². The maximum Gasteiger partial charge on any atom is 0.332 e. The van der Waals surface area contributed by atoms with Crippen LogP contribution in [0.1, 0.15) is 12.8 Å². The van der Waals surface area contributed by atoms with E-state index in [1.165, 1.54) is 0 Å².